The standard InChI is InChI=1S/C15H21F3N4O/c1-11-13(9-22(19-11)10-15(16,17)18)14(23)21-7-4-12(8-21)20-5-2-3-6-20/h9,12H,2-8,10H2,1H3. The number of hydrogen-bond acceptors (Lipinski definition) is 3. The van der Waals surface area contributed by atoms with Gasteiger partial charge in [-0.1, -0.05) is 0 Å². The molecule has 0 radical (unpaired) electrons. The summed E-state index contributed by atoms with van der Waals surface area (Å²) in [4.78, 5) is 16.7. The molecule has 0 saturated carbocycles. The quantitative estimate of drug-likeness (QED) is 0.852. The highest BCUT2D eigenvalue weighted by Gasteiger charge is 2.34. The molecule has 2 aliphatic heterocycles. The Kier molecular flexibility index (Phi) is 4.35. The van der Waals surface area contributed by atoms with Gasteiger partial charge < -0.3 is 4.90 Å². The maximum Gasteiger partial charge on any atom is 0.408 e. The topological polar surface area (TPSA) is 41.4 Å². The van der Waals surface area contributed by atoms with Crippen molar-refractivity contribution in [3.8, 4) is 0 Å². The molecule has 128 valence electrons. The number of nitrogens with zero attached hydrogens (tertiary/aromatic N) is 4. The molecular weight excluding hydrogens is 309 g/mol. The number of likely N-dealkylation sites (tertiary alicyclic amines) is 2. The molecule has 2 aliphatic rings. The molecule has 0 aliphatic carbocycles. The van der Waals surface area contributed by atoms with Crippen molar-refractivity contribution in [1.82, 2.24) is 19.6 Å². The fourth-order valence-electron chi connectivity index (χ4n) is 3.49. The summed E-state index contributed by atoms with van der Waals surface area (Å²) >= 11 is 0. The second kappa shape index (κ2) is 6.14. The Morgan fingerprint density at radius 1 is 1.30 bits per heavy atom. The summed E-state index contributed by atoms with van der Waals surface area (Å²) in [5, 5.41) is 3.82. The van der Waals surface area contributed by atoms with Gasteiger partial charge in [0.15, 0.2) is 0 Å². The lowest BCUT2D eigenvalue weighted by atomic mass is 10.2. The molecule has 0 aromatic carbocycles. The van der Waals surface area contributed by atoms with Crippen LogP contribution in [-0.4, -0.2) is 63.9 Å². The predicted octanol–water partition coefficient (Wildman–Crippen LogP) is 2.06. The van der Waals surface area contributed by atoms with Gasteiger partial charge in [-0.15, -0.1) is 0 Å². The predicted molar refractivity (Wildman–Crippen MR) is 78.1 cm³/mol. The van der Waals surface area contributed by atoms with Crippen LogP contribution >= 0.6 is 0 Å². The average molecular weight is 330 g/mol. The summed E-state index contributed by atoms with van der Waals surface area (Å²) < 4.78 is 38.1. The van der Waals surface area contributed by atoms with Crippen LogP contribution in [0.5, 0.6) is 0 Å². The molecule has 1 unspecified atom stereocenters. The van der Waals surface area contributed by atoms with Crippen molar-refractivity contribution in [1.29, 1.82) is 0 Å². The van der Waals surface area contributed by atoms with Gasteiger partial charge in [0.25, 0.3) is 5.91 Å². The number of alkyl halides is 3. The number of aromatic nitrogens is 2. The SMILES string of the molecule is Cc1nn(CC(F)(F)F)cc1C(=O)N1CCC(N2CCCC2)C1. The second-order valence-electron chi connectivity index (χ2n) is 6.38. The van der Waals surface area contributed by atoms with Gasteiger partial charge in [0, 0.05) is 25.3 Å². The van der Waals surface area contributed by atoms with Gasteiger partial charge in [0.05, 0.1) is 11.3 Å². The van der Waals surface area contributed by atoms with E-state index in [0.29, 0.717) is 24.8 Å². The first-order chi connectivity index (χ1) is 10.8. The van der Waals surface area contributed by atoms with Gasteiger partial charge in [-0.25, -0.2) is 0 Å². The van der Waals surface area contributed by atoms with Crippen molar-refractivity contribution in [3.05, 3.63) is 17.5 Å². The van der Waals surface area contributed by atoms with Gasteiger partial charge in [-0.2, -0.15) is 18.3 Å². The number of amides is 1. The van der Waals surface area contributed by atoms with E-state index in [1.807, 2.05) is 0 Å². The molecule has 5 nitrogen and oxygen atoms in total. The number of aryl methyl sites for hydroxylation is 1. The fraction of sp³-hybridized carbons (Fsp3) is 0.733. The zero-order valence-corrected chi connectivity index (χ0v) is 13.1. The van der Waals surface area contributed by atoms with E-state index in [-0.39, 0.29) is 11.5 Å². The summed E-state index contributed by atoms with van der Waals surface area (Å²) in [5.74, 6) is -0.211. The maximum atomic E-state index is 12.6. The van der Waals surface area contributed by atoms with Gasteiger partial charge in [0.1, 0.15) is 6.54 Å². The highest BCUT2D eigenvalue weighted by molar-refractivity contribution is 5.95. The normalized spacial score (nSPS) is 23.0. The van der Waals surface area contributed by atoms with Crippen molar-refractivity contribution in [2.24, 2.45) is 0 Å². The summed E-state index contributed by atoms with van der Waals surface area (Å²) in [5.41, 5.74) is 0.625. The molecular formula is C15H21F3N4O. The molecule has 2 fully saturated rings. The lowest BCUT2D eigenvalue weighted by Crippen LogP contribution is -2.37. The van der Waals surface area contributed by atoms with Crippen LogP contribution in [-0.2, 0) is 6.54 Å². The molecule has 1 aromatic rings. The molecule has 23 heavy (non-hydrogen) atoms. The number of carbonyl (C=O) groups excluding carboxylic acids is 1. The highest BCUT2D eigenvalue weighted by Crippen LogP contribution is 2.23. The highest BCUT2D eigenvalue weighted by atomic mass is 19.4. The molecule has 1 aromatic heterocycles. The first-order valence-corrected chi connectivity index (χ1v) is 7.97. The fourth-order valence-corrected chi connectivity index (χ4v) is 3.49. The maximum absolute atomic E-state index is 12.6. The van der Waals surface area contributed by atoms with E-state index in [2.05, 4.69) is 10.00 Å². The number of rotatable bonds is 3. The van der Waals surface area contributed by atoms with E-state index in [1.165, 1.54) is 19.0 Å². The van der Waals surface area contributed by atoms with E-state index < -0.39 is 12.7 Å². The smallest absolute Gasteiger partial charge is 0.337 e. The molecule has 0 N–H and O–H groups in total. The number of carbonyl (C=O) groups is 1. The third kappa shape index (κ3) is 3.68. The molecule has 3 rings (SSSR count). The lowest BCUT2D eigenvalue weighted by molar-refractivity contribution is -0.142. The third-order valence-electron chi connectivity index (χ3n) is 4.63. The molecule has 0 spiro atoms. The first-order valence-electron chi connectivity index (χ1n) is 7.97. The minimum Gasteiger partial charge on any atom is -0.337 e. The van der Waals surface area contributed by atoms with Crippen molar-refractivity contribution < 1.29 is 18.0 Å². The zero-order valence-electron chi connectivity index (χ0n) is 13.1. The van der Waals surface area contributed by atoms with Crippen molar-refractivity contribution in [3.63, 3.8) is 0 Å². The molecule has 2 saturated heterocycles. The van der Waals surface area contributed by atoms with Crippen LogP contribution in [0, 0.1) is 6.92 Å². The van der Waals surface area contributed by atoms with Crippen LogP contribution < -0.4 is 0 Å². The Balaban J connectivity index is 1.66. The minimum absolute atomic E-state index is 0.211. The van der Waals surface area contributed by atoms with Crippen molar-refractivity contribution in [2.75, 3.05) is 26.2 Å². The summed E-state index contributed by atoms with van der Waals surface area (Å²) in [7, 11) is 0. The summed E-state index contributed by atoms with van der Waals surface area (Å²) in [6.07, 6.45) is 0.213. The van der Waals surface area contributed by atoms with E-state index in [4.69, 9.17) is 0 Å². The monoisotopic (exact) mass is 330 g/mol. The molecule has 1 atom stereocenters. The average Bonchev–Trinajstić information content (AvgIpc) is 3.15. The molecule has 8 heteroatoms. The van der Waals surface area contributed by atoms with Crippen molar-refractivity contribution in [2.45, 2.75) is 44.9 Å². The second-order valence-corrected chi connectivity index (χ2v) is 6.38. The Morgan fingerprint density at radius 3 is 2.65 bits per heavy atom. The van der Waals surface area contributed by atoms with Gasteiger partial charge in [0.2, 0.25) is 0 Å². The first kappa shape index (κ1) is 16.3. The van der Waals surface area contributed by atoms with E-state index >= 15 is 0 Å². The zero-order chi connectivity index (χ0) is 16.6. The Labute approximate surface area is 133 Å². The third-order valence-corrected chi connectivity index (χ3v) is 4.63. The van der Waals surface area contributed by atoms with E-state index in [0.717, 1.165) is 24.2 Å². The van der Waals surface area contributed by atoms with Crippen LogP contribution in [0.2, 0.25) is 0 Å². The number of halogens is 3. The van der Waals surface area contributed by atoms with Gasteiger partial charge in [-0.05, 0) is 39.3 Å². The van der Waals surface area contributed by atoms with Crippen LogP contribution in [0.25, 0.3) is 0 Å². The Bertz CT molecular complexity index is 578. The Hall–Kier alpha value is -1.57. The minimum atomic E-state index is -4.34. The van der Waals surface area contributed by atoms with Crippen LogP contribution in [0.15, 0.2) is 6.20 Å². The van der Waals surface area contributed by atoms with Crippen molar-refractivity contribution >= 4 is 5.91 Å². The van der Waals surface area contributed by atoms with E-state index in [9.17, 15) is 18.0 Å². The molecule has 1 amide bonds. The van der Waals surface area contributed by atoms with Crippen LogP contribution in [0.3, 0.4) is 0 Å². The summed E-state index contributed by atoms with van der Waals surface area (Å²) in [6.45, 7) is 3.88. The Morgan fingerprint density at radius 2 is 2.00 bits per heavy atom. The van der Waals surface area contributed by atoms with Crippen LogP contribution in [0.1, 0.15) is 35.3 Å². The van der Waals surface area contributed by atoms with E-state index in [1.54, 1.807) is 11.8 Å². The summed E-state index contributed by atoms with van der Waals surface area (Å²) in [6, 6.07) is 0.381. The number of hydrogen-bond donors (Lipinski definition) is 0. The largest absolute Gasteiger partial charge is 0.408 e. The lowest BCUT2D eigenvalue weighted by Gasteiger charge is -2.23. The van der Waals surface area contributed by atoms with Gasteiger partial charge >= 0.3 is 6.18 Å². The van der Waals surface area contributed by atoms with Gasteiger partial charge in [-0.3, -0.25) is 14.4 Å². The van der Waals surface area contributed by atoms with Crippen LogP contribution in [0.4, 0.5) is 13.2 Å². The molecule has 3 heterocycles. The molecule has 0 bridgehead atoms.